The first-order valence-electron chi connectivity index (χ1n) is 6.72. The van der Waals surface area contributed by atoms with Gasteiger partial charge in [0.2, 0.25) is 10.0 Å². The Hall–Kier alpha value is -1.47. The molecule has 1 aromatic heterocycles. The number of pyridine rings is 1. The van der Waals surface area contributed by atoms with Gasteiger partial charge >= 0.3 is 5.97 Å². The number of hydrogen-bond acceptors (Lipinski definition) is 5. The largest absolute Gasteiger partial charge is 0.459 e. The van der Waals surface area contributed by atoms with Gasteiger partial charge in [-0.2, -0.15) is 0 Å². The third-order valence-corrected chi connectivity index (χ3v) is 3.92. The Bertz CT molecular complexity index is 564. The maximum absolute atomic E-state index is 11.9. The summed E-state index contributed by atoms with van der Waals surface area (Å²) in [6.07, 6.45) is 1.90. The number of sulfonamides is 1. The van der Waals surface area contributed by atoms with E-state index in [2.05, 4.69) is 9.71 Å². The number of aromatic nitrogens is 1. The molecule has 0 saturated carbocycles. The van der Waals surface area contributed by atoms with Crippen LogP contribution in [0.5, 0.6) is 0 Å². The van der Waals surface area contributed by atoms with Crippen LogP contribution < -0.4 is 4.72 Å². The normalized spacial score (nSPS) is 13.7. The van der Waals surface area contributed by atoms with Crippen molar-refractivity contribution < 1.29 is 17.9 Å². The van der Waals surface area contributed by atoms with Gasteiger partial charge in [-0.1, -0.05) is 6.07 Å². The molecule has 118 valence electrons. The van der Waals surface area contributed by atoms with Crippen molar-refractivity contribution in [2.24, 2.45) is 0 Å². The highest BCUT2D eigenvalue weighted by molar-refractivity contribution is 7.89. The topological polar surface area (TPSA) is 85.4 Å². The van der Waals surface area contributed by atoms with E-state index in [1.165, 1.54) is 6.92 Å². The molecule has 1 N–H and O–H groups in total. The number of carbonyl (C=O) groups excluding carboxylic acids is 1. The SMILES string of the molecule is C[C@@H](NS(=O)(=O)CCc1ccccn1)C(=O)OC(C)(C)C. The van der Waals surface area contributed by atoms with Crippen molar-refractivity contribution in [3.8, 4) is 0 Å². The first-order chi connectivity index (χ1) is 9.59. The summed E-state index contributed by atoms with van der Waals surface area (Å²) < 4.78 is 31.3. The van der Waals surface area contributed by atoms with Crippen molar-refractivity contribution in [1.29, 1.82) is 0 Å². The first-order valence-corrected chi connectivity index (χ1v) is 8.37. The average Bonchev–Trinajstić information content (AvgIpc) is 2.35. The number of nitrogens with zero attached hydrogens (tertiary/aromatic N) is 1. The molecule has 1 atom stereocenters. The van der Waals surface area contributed by atoms with Gasteiger partial charge in [0, 0.05) is 18.3 Å². The van der Waals surface area contributed by atoms with Crippen LogP contribution in [0.15, 0.2) is 24.4 Å². The highest BCUT2D eigenvalue weighted by Crippen LogP contribution is 2.09. The molecule has 0 spiro atoms. The molecule has 0 fully saturated rings. The molecular formula is C14H22N2O4S. The number of hydrogen-bond donors (Lipinski definition) is 1. The molecule has 1 heterocycles. The second-order valence-electron chi connectivity index (χ2n) is 5.76. The molecule has 0 unspecified atom stereocenters. The monoisotopic (exact) mass is 314 g/mol. The van der Waals surface area contributed by atoms with Crippen LogP contribution in [0.3, 0.4) is 0 Å². The smallest absolute Gasteiger partial charge is 0.324 e. The highest BCUT2D eigenvalue weighted by atomic mass is 32.2. The minimum absolute atomic E-state index is 0.128. The lowest BCUT2D eigenvalue weighted by Gasteiger charge is -2.22. The van der Waals surface area contributed by atoms with Crippen molar-refractivity contribution in [1.82, 2.24) is 9.71 Å². The fourth-order valence-corrected chi connectivity index (χ4v) is 2.78. The maximum atomic E-state index is 11.9. The molecule has 0 aliphatic carbocycles. The summed E-state index contributed by atoms with van der Waals surface area (Å²) in [6.45, 7) is 6.65. The summed E-state index contributed by atoms with van der Waals surface area (Å²) >= 11 is 0. The summed E-state index contributed by atoms with van der Waals surface area (Å²) in [5.74, 6) is -0.721. The van der Waals surface area contributed by atoms with Crippen molar-refractivity contribution in [2.45, 2.75) is 45.8 Å². The van der Waals surface area contributed by atoms with Crippen LogP contribution in [0.2, 0.25) is 0 Å². The van der Waals surface area contributed by atoms with Crippen LogP contribution in [0.25, 0.3) is 0 Å². The van der Waals surface area contributed by atoms with E-state index in [1.54, 1.807) is 45.2 Å². The second kappa shape index (κ2) is 7.00. The van der Waals surface area contributed by atoms with Crippen molar-refractivity contribution in [3.63, 3.8) is 0 Å². The van der Waals surface area contributed by atoms with Crippen LogP contribution in [0.4, 0.5) is 0 Å². The summed E-state index contributed by atoms with van der Waals surface area (Å²) in [5.41, 5.74) is 0.0397. The lowest BCUT2D eigenvalue weighted by molar-refractivity contribution is -0.156. The zero-order valence-electron chi connectivity index (χ0n) is 12.8. The van der Waals surface area contributed by atoms with Gasteiger partial charge in [0.15, 0.2) is 0 Å². The van der Waals surface area contributed by atoms with Crippen LogP contribution in [-0.4, -0.2) is 36.8 Å². The zero-order chi connectivity index (χ0) is 16.1. The minimum atomic E-state index is -3.57. The van der Waals surface area contributed by atoms with E-state index in [4.69, 9.17) is 4.74 Å². The van der Waals surface area contributed by atoms with Crippen molar-refractivity contribution in [3.05, 3.63) is 30.1 Å². The predicted octanol–water partition coefficient (Wildman–Crippen LogP) is 1.27. The van der Waals surface area contributed by atoms with Gasteiger partial charge in [0.1, 0.15) is 11.6 Å². The second-order valence-corrected chi connectivity index (χ2v) is 7.64. The summed E-state index contributed by atoms with van der Waals surface area (Å²) in [5, 5.41) is 0. The number of nitrogens with one attached hydrogen (secondary N) is 1. The average molecular weight is 314 g/mol. The summed E-state index contributed by atoms with van der Waals surface area (Å²) in [4.78, 5) is 15.8. The van der Waals surface area contributed by atoms with E-state index in [-0.39, 0.29) is 12.2 Å². The number of esters is 1. The predicted molar refractivity (Wildman–Crippen MR) is 80.2 cm³/mol. The van der Waals surface area contributed by atoms with Gasteiger partial charge in [-0.25, -0.2) is 13.1 Å². The molecule has 0 amide bonds. The Balaban J connectivity index is 2.54. The van der Waals surface area contributed by atoms with Gasteiger partial charge in [-0.15, -0.1) is 0 Å². The van der Waals surface area contributed by atoms with Crippen LogP contribution in [-0.2, 0) is 26.0 Å². The minimum Gasteiger partial charge on any atom is -0.459 e. The zero-order valence-corrected chi connectivity index (χ0v) is 13.6. The molecule has 7 heteroatoms. The molecule has 0 bridgehead atoms. The third kappa shape index (κ3) is 7.19. The Morgan fingerprint density at radius 2 is 2.05 bits per heavy atom. The Morgan fingerprint density at radius 3 is 2.57 bits per heavy atom. The van der Waals surface area contributed by atoms with E-state index in [0.29, 0.717) is 5.69 Å². The fourth-order valence-electron chi connectivity index (χ4n) is 1.55. The Morgan fingerprint density at radius 1 is 1.38 bits per heavy atom. The molecule has 0 aromatic carbocycles. The summed E-state index contributed by atoms with van der Waals surface area (Å²) in [6, 6.07) is 4.40. The molecule has 0 aliphatic heterocycles. The Kier molecular flexibility index (Phi) is 5.86. The lowest BCUT2D eigenvalue weighted by atomic mass is 10.2. The van der Waals surface area contributed by atoms with E-state index >= 15 is 0 Å². The fraction of sp³-hybridized carbons (Fsp3) is 0.571. The van der Waals surface area contributed by atoms with E-state index in [1.807, 2.05) is 0 Å². The summed E-state index contributed by atoms with van der Waals surface area (Å²) in [7, 11) is -3.57. The van der Waals surface area contributed by atoms with Gasteiger partial charge in [-0.3, -0.25) is 9.78 Å². The molecule has 21 heavy (non-hydrogen) atoms. The number of aryl methyl sites for hydroxylation is 1. The van der Waals surface area contributed by atoms with Crippen LogP contribution in [0.1, 0.15) is 33.4 Å². The first kappa shape index (κ1) is 17.6. The molecule has 1 aromatic rings. The van der Waals surface area contributed by atoms with Crippen LogP contribution in [0, 0.1) is 0 Å². The molecule has 0 saturated heterocycles. The highest BCUT2D eigenvalue weighted by Gasteiger charge is 2.25. The Labute approximate surface area is 126 Å². The van der Waals surface area contributed by atoms with E-state index < -0.39 is 27.6 Å². The maximum Gasteiger partial charge on any atom is 0.324 e. The van der Waals surface area contributed by atoms with E-state index in [9.17, 15) is 13.2 Å². The van der Waals surface area contributed by atoms with Crippen LogP contribution >= 0.6 is 0 Å². The van der Waals surface area contributed by atoms with E-state index in [0.717, 1.165) is 0 Å². The van der Waals surface area contributed by atoms with Gasteiger partial charge in [-0.05, 0) is 39.8 Å². The lowest BCUT2D eigenvalue weighted by Crippen LogP contribution is -2.43. The molecular weight excluding hydrogens is 292 g/mol. The molecule has 1 rings (SSSR count). The number of rotatable bonds is 6. The molecule has 0 radical (unpaired) electrons. The number of ether oxygens (including phenoxy) is 1. The van der Waals surface area contributed by atoms with Gasteiger partial charge in [0.05, 0.1) is 5.75 Å². The standard InChI is InChI=1S/C14H22N2O4S/c1-11(13(17)20-14(2,3)4)16-21(18,19)10-8-12-7-5-6-9-15-12/h5-7,9,11,16H,8,10H2,1-4H3/t11-/m1/s1. The van der Waals surface area contributed by atoms with Crippen molar-refractivity contribution >= 4 is 16.0 Å². The van der Waals surface area contributed by atoms with Gasteiger partial charge < -0.3 is 4.74 Å². The van der Waals surface area contributed by atoms with Gasteiger partial charge in [0.25, 0.3) is 0 Å². The number of carbonyl (C=O) groups is 1. The third-order valence-electron chi connectivity index (χ3n) is 2.47. The molecule has 0 aliphatic rings. The quantitative estimate of drug-likeness (QED) is 0.799. The molecule has 6 nitrogen and oxygen atoms in total. The van der Waals surface area contributed by atoms with Crippen molar-refractivity contribution in [2.75, 3.05) is 5.75 Å².